The highest BCUT2D eigenvalue weighted by atomic mass is 16.3. The largest absolute Gasteiger partial charge is 0.396 e. The van der Waals surface area contributed by atoms with Gasteiger partial charge in [0.15, 0.2) is 0 Å². The van der Waals surface area contributed by atoms with Crippen molar-refractivity contribution in [3.63, 3.8) is 0 Å². The van der Waals surface area contributed by atoms with E-state index in [9.17, 15) is 0 Å². The first-order valence-electron chi connectivity index (χ1n) is 6.26. The van der Waals surface area contributed by atoms with Gasteiger partial charge in [-0.3, -0.25) is 0 Å². The number of aryl methyl sites for hydroxylation is 1. The van der Waals surface area contributed by atoms with Gasteiger partial charge in [0.2, 0.25) is 0 Å². The average molecular weight is 249 g/mol. The van der Waals surface area contributed by atoms with E-state index in [2.05, 4.69) is 27.3 Å². The number of fused-ring (bicyclic) bond motifs is 1. The third-order valence-electron chi connectivity index (χ3n) is 3.07. The molecule has 6 nitrogen and oxygen atoms in total. The summed E-state index contributed by atoms with van der Waals surface area (Å²) in [4.78, 5) is 8.37. The van der Waals surface area contributed by atoms with Crippen LogP contribution in [0.25, 0.3) is 5.78 Å². The maximum absolute atomic E-state index is 8.98. The van der Waals surface area contributed by atoms with Crippen LogP contribution in [-0.2, 0) is 0 Å². The van der Waals surface area contributed by atoms with Gasteiger partial charge in [-0.1, -0.05) is 13.3 Å². The Morgan fingerprint density at radius 3 is 3.06 bits per heavy atom. The smallest absolute Gasteiger partial charge is 0.254 e. The predicted molar refractivity (Wildman–Crippen MR) is 69.5 cm³/mol. The SMILES string of the molecule is CCC(CCO)CNc1cc(C)nc2ncnn12. The standard InChI is InChI=1S/C12H19N5O/c1-3-10(4-5-18)7-13-11-6-9(2)16-12-14-8-15-17(11)12/h6,8,10,13,18H,3-5,7H2,1-2H3. The van der Waals surface area contributed by atoms with Gasteiger partial charge in [0.25, 0.3) is 5.78 Å². The molecule has 0 spiro atoms. The minimum absolute atomic E-state index is 0.230. The van der Waals surface area contributed by atoms with Gasteiger partial charge in [0, 0.05) is 24.9 Å². The van der Waals surface area contributed by atoms with E-state index in [1.165, 1.54) is 6.33 Å². The third kappa shape index (κ3) is 2.76. The van der Waals surface area contributed by atoms with E-state index in [4.69, 9.17) is 5.11 Å². The summed E-state index contributed by atoms with van der Waals surface area (Å²) in [6.45, 7) is 5.11. The summed E-state index contributed by atoms with van der Waals surface area (Å²) in [7, 11) is 0. The van der Waals surface area contributed by atoms with Crippen LogP contribution in [-0.4, -0.2) is 37.8 Å². The fourth-order valence-corrected chi connectivity index (χ4v) is 1.94. The average Bonchev–Trinajstić information content (AvgIpc) is 2.82. The molecule has 2 rings (SSSR count). The Labute approximate surface area is 106 Å². The first-order valence-corrected chi connectivity index (χ1v) is 6.26. The van der Waals surface area contributed by atoms with Gasteiger partial charge >= 0.3 is 0 Å². The van der Waals surface area contributed by atoms with Crippen molar-refractivity contribution in [3.05, 3.63) is 18.1 Å². The van der Waals surface area contributed by atoms with Crippen LogP contribution in [0.2, 0.25) is 0 Å². The molecular formula is C12H19N5O. The molecule has 0 aliphatic rings. The van der Waals surface area contributed by atoms with Gasteiger partial charge in [-0.25, -0.2) is 4.98 Å². The molecule has 2 heterocycles. The Bertz CT molecular complexity index is 510. The topological polar surface area (TPSA) is 75.3 Å². The molecule has 0 amide bonds. The molecule has 0 aliphatic carbocycles. The van der Waals surface area contributed by atoms with Crippen molar-refractivity contribution in [3.8, 4) is 0 Å². The van der Waals surface area contributed by atoms with Crippen molar-refractivity contribution < 1.29 is 5.11 Å². The van der Waals surface area contributed by atoms with E-state index in [0.29, 0.717) is 11.7 Å². The lowest BCUT2D eigenvalue weighted by atomic mass is 10.0. The number of aliphatic hydroxyl groups excluding tert-OH is 1. The molecule has 1 unspecified atom stereocenters. The zero-order valence-corrected chi connectivity index (χ0v) is 10.8. The van der Waals surface area contributed by atoms with Gasteiger partial charge in [-0.2, -0.15) is 14.6 Å². The van der Waals surface area contributed by atoms with Crippen LogP contribution in [0.4, 0.5) is 5.82 Å². The van der Waals surface area contributed by atoms with Gasteiger partial charge in [0.1, 0.15) is 12.1 Å². The zero-order valence-electron chi connectivity index (χ0n) is 10.8. The van der Waals surface area contributed by atoms with E-state index >= 15 is 0 Å². The second-order valence-electron chi connectivity index (χ2n) is 4.42. The number of nitrogens with zero attached hydrogens (tertiary/aromatic N) is 4. The van der Waals surface area contributed by atoms with Crippen LogP contribution in [0.5, 0.6) is 0 Å². The van der Waals surface area contributed by atoms with Crippen molar-refractivity contribution >= 4 is 11.6 Å². The fraction of sp³-hybridized carbons (Fsp3) is 0.583. The lowest BCUT2D eigenvalue weighted by molar-refractivity contribution is 0.258. The number of rotatable bonds is 6. The van der Waals surface area contributed by atoms with Gasteiger partial charge in [-0.15, -0.1) is 0 Å². The van der Waals surface area contributed by atoms with Gasteiger partial charge in [0.05, 0.1) is 0 Å². The summed E-state index contributed by atoms with van der Waals surface area (Å²) < 4.78 is 1.69. The molecule has 6 heteroatoms. The Hall–Kier alpha value is -1.69. The summed E-state index contributed by atoms with van der Waals surface area (Å²) in [5.74, 6) is 1.96. The number of aromatic nitrogens is 4. The van der Waals surface area contributed by atoms with Crippen molar-refractivity contribution in [2.24, 2.45) is 5.92 Å². The second-order valence-corrected chi connectivity index (χ2v) is 4.42. The number of aliphatic hydroxyl groups is 1. The monoisotopic (exact) mass is 249 g/mol. The number of hydrogen-bond acceptors (Lipinski definition) is 5. The van der Waals surface area contributed by atoms with Gasteiger partial charge in [-0.05, 0) is 19.3 Å². The molecule has 98 valence electrons. The Morgan fingerprint density at radius 2 is 2.33 bits per heavy atom. The molecule has 0 fully saturated rings. The summed E-state index contributed by atoms with van der Waals surface area (Å²) in [6, 6.07) is 1.95. The molecule has 18 heavy (non-hydrogen) atoms. The molecule has 0 aliphatic heterocycles. The molecule has 1 atom stereocenters. The summed E-state index contributed by atoms with van der Waals surface area (Å²) >= 11 is 0. The molecule has 0 aromatic carbocycles. The maximum atomic E-state index is 8.98. The van der Waals surface area contributed by atoms with E-state index in [1.807, 2.05) is 13.0 Å². The van der Waals surface area contributed by atoms with Crippen molar-refractivity contribution in [1.82, 2.24) is 19.6 Å². The van der Waals surface area contributed by atoms with Crippen LogP contribution < -0.4 is 5.32 Å². The van der Waals surface area contributed by atoms with Crippen molar-refractivity contribution in [2.45, 2.75) is 26.7 Å². The zero-order chi connectivity index (χ0) is 13.0. The van der Waals surface area contributed by atoms with Crippen LogP contribution in [0.3, 0.4) is 0 Å². The Kier molecular flexibility index (Phi) is 4.09. The van der Waals surface area contributed by atoms with E-state index < -0.39 is 0 Å². The number of nitrogens with one attached hydrogen (secondary N) is 1. The molecule has 0 bridgehead atoms. The van der Waals surface area contributed by atoms with E-state index in [0.717, 1.165) is 30.9 Å². The third-order valence-corrected chi connectivity index (χ3v) is 3.07. The molecule has 2 aromatic heterocycles. The number of hydrogen-bond donors (Lipinski definition) is 2. The lowest BCUT2D eigenvalue weighted by Gasteiger charge is -2.15. The summed E-state index contributed by atoms with van der Waals surface area (Å²) in [5.41, 5.74) is 0.910. The molecular weight excluding hydrogens is 230 g/mol. The minimum atomic E-state index is 0.230. The van der Waals surface area contributed by atoms with Crippen molar-refractivity contribution in [1.29, 1.82) is 0 Å². The predicted octanol–water partition coefficient (Wildman–Crippen LogP) is 1.25. The van der Waals surface area contributed by atoms with Crippen LogP contribution in [0, 0.1) is 12.8 Å². The summed E-state index contributed by atoms with van der Waals surface area (Å²) in [5, 5.41) is 16.5. The fourth-order valence-electron chi connectivity index (χ4n) is 1.94. The highest BCUT2D eigenvalue weighted by Crippen LogP contribution is 2.13. The van der Waals surface area contributed by atoms with Crippen LogP contribution in [0.1, 0.15) is 25.5 Å². The van der Waals surface area contributed by atoms with Gasteiger partial charge < -0.3 is 10.4 Å². The molecule has 0 saturated heterocycles. The normalized spacial score (nSPS) is 12.8. The number of anilines is 1. The quantitative estimate of drug-likeness (QED) is 0.806. The first kappa shape index (κ1) is 12.8. The molecule has 0 saturated carbocycles. The first-order chi connectivity index (χ1) is 8.74. The minimum Gasteiger partial charge on any atom is -0.396 e. The Morgan fingerprint density at radius 1 is 1.50 bits per heavy atom. The van der Waals surface area contributed by atoms with Crippen molar-refractivity contribution in [2.75, 3.05) is 18.5 Å². The highest BCUT2D eigenvalue weighted by Gasteiger charge is 2.09. The summed E-state index contributed by atoms with van der Waals surface area (Å²) in [6.07, 6.45) is 3.35. The maximum Gasteiger partial charge on any atom is 0.254 e. The molecule has 2 aromatic rings. The molecule has 2 N–H and O–H groups in total. The van der Waals surface area contributed by atoms with Crippen LogP contribution in [0.15, 0.2) is 12.4 Å². The molecule has 0 radical (unpaired) electrons. The van der Waals surface area contributed by atoms with Crippen LogP contribution >= 0.6 is 0 Å². The highest BCUT2D eigenvalue weighted by molar-refractivity contribution is 5.44. The van der Waals surface area contributed by atoms with E-state index in [-0.39, 0.29) is 6.61 Å². The second kappa shape index (κ2) is 5.77. The lowest BCUT2D eigenvalue weighted by Crippen LogP contribution is -2.17. The Balaban J connectivity index is 2.13. The van der Waals surface area contributed by atoms with E-state index in [1.54, 1.807) is 4.52 Å².